The van der Waals surface area contributed by atoms with Crippen LogP contribution in [-0.2, 0) is 120 Å². The van der Waals surface area contributed by atoms with Gasteiger partial charge in [-0.05, 0) is 79.0 Å². The summed E-state index contributed by atoms with van der Waals surface area (Å²) in [5.74, 6) is -19.3. The monoisotopic (exact) mass is 1890 g/mol. The van der Waals surface area contributed by atoms with Gasteiger partial charge in [-0.3, -0.25) is 91.7 Å². The number of guanidine groups is 1. The van der Waals surface area contributed by atoms with Gasteiger partial charge in [-0.1, -0.05) is 69.3 Å². The largest absolute Gasteiger partial charge is 0.481 e. The number of aromatic nitrogens is 2. The summed E-state index contributed by atoms with van der Waals surface area (Å²) in [6.07, 6.45) is -1.22. The van der Waals surface area contributed by atoms with Crippen LogP contribution in [0.4, 0.5) is 4.39 Å². The first-order valence-electron chi connectivity index (χ1n) is 43.0. The van der Waals surface area contributed by atoms with Crippen LogP contribution in [0.5, 0.6) is 0 Å². The molecule has 132 heavy (non-hydrogen) atoms. The Balaban J connectivity index is 1.25. The molecule has 17 amide bonds. The van der Waals surface area contributed by atoms with Crippen molar-refractivity contribution >= 4 is 169 Å². The van der Waals surface area contributed by atoms with Gasteiger partial charge in [0.1, 0.15) is 72.3 Å². The molecule has 0 saturated carbocycles. The number of primary amides is 2. The molecule has 0 aliphatic carbocycles. The minimum atomic E-state index is -2.12. The van der Waals surface area contributed by atoms with Crippen molar-refractivity contribution in [3.05, 3.63) is 108 Å². The second-order valence-corrected chi connectivity index (χ2v) is 37.6. The molecule has 2 aromatic heterocycles. The number of thioether (sulfide) groups is 3. The van der Waals surface area contributed by atoms with Crippen molar-refractivity contribution in [1.82, 2.24) is 97.0 Å². The highest BCUT2D eigenvalue weighted by molar-refractivity contribution is 7.99. The minimum absolute atomic E-state index is 0.0219. The normalized spacial score (nSPS) is 23.2. The summed E-state index contributed by atoms with van der Waals surface area (Å²) in [5.41, 5.74) is 13.5. The second-order valence-electron chi connectivity index (χ2n) is 34.2. The lowest BCUT2D eigenvalue weighted by molar-refractivity contribution is -0.158. The van der Waals surface area contributed by atoms with Crippen molar-refractivity contribution < 1.29 is 95.8 Å². The summed E-state index contributed by atoms with van der Waals surface area (Å²) in [6, 6.07) is 1.10. The van der Waals surface area contributed by atoms with E-state index in [2.05, 4.69) is 58.5 Å². The number of nitrogens with zero attached hydrogens (tertiary/aromatic N) is 8. The van der Waals surface area contributed by atoms with E-state index in [1.54, 1.807) is 113 Å². The van der Waals surface area contributed by atoms with Crippen LogP contribution < -0.4 is 70.0 Å². The number of carbonyl (C=O) groups excluding carboxylic acids is 17. The molecule has 3 saturated heterocycles. The topological polar surface area (TPSA) is 565 Å². The lowest BCUT2D eigenvalue weighted by Gasteiger charge is -2.42. The van der Waals surface area contributed by atoms with Crippen LogP contribution in [0, 0.1) is 16.6 Å². The summed E-state index contributed by atoms with van der Waals surface area (Å²) >= 11 is 2.95. The first kappa shape index (κ1) is 105. The zero-order valence-corrected chi connectivity index (χ0v) is 78.3. The summed E-state index contributed by atoms with van der Waals surface area (Å²) in [4.78, 5) is 268. The summed E-state index contributed by atoms with van der Waals surface area (Å²) in [5, 5.41) is 49.6. The number of rotatable bonds is 18. The summed E-state index contributed by atoms with van der Waals surface area (Å²) in [6.45, 7) is 5.74. The van der Waals surface area contributed by atoms with Crippen molar-refractivity contribution in [2.45, 2.75) is 178 Å². The van der Waals surface area contributed by atoms with E-state index in [9.17, 15) is 67.0 Å². The number of carboxylic acids is 1. The molecule has 0 spiro atoms. The number of aryl methyl sites for hydroxylation is 2. The maximum Gasteiger partial charge on any atom is 0.305 e. The van der Waals surface area contributed by atoms with Gasteiger partial charge >= 0.3 is 5.97 Å². The Bertz CT molecular complexity index is 5090. The molecule has 3 aromatic carbocycles. The predicted octanol–water partition coefficient (Wildman–Crippen LogP) is -1.69. The quantitative estimate of drug-likeness (QED) is 0.0264. The van der Waals surface area contributed by atoms with Crippen LogP contribution in [0.15, 0.2) is 85.2 Å². The van der Waals surface area contributed by atoms with Crippen molar-refractivity contribution in [3.63, 3.8) is 0 Å². The Morgan fingerprint density at radius 3 is 1.56 bits per heavy atom. The molecule has 718 valence electrons. The van der Waals surface area contributed by atoms with E-state index in [1.165, 1.54) is 52.6 Å². The number of hydrogen-bond donors (Lipinski definition) is 15. The minimum Gasteiger partial charge on any atom is -0.481 e. The van der Waals surface area contributed by atoms with Gasteiger partial charge in [-0.25, -0.2) is 4.39 Å². The van der Waals surface area contributed by atoms with Gasteiger partial charge in [0, 0.05) is 169 Å². The molecule has 4 bridgehead atoms. The number of hydrogen-bond acceptors (Lipinski definition) is 22. The lowest BCUT2D eigenvalue weighted by atomic mass is 9.87. The molecule has 8 rings (SSSR count). The Labute approximate surface area is 776 Å². The average Bonchev–Trinajstić information content (AvgIpc) is 1.67. The highest BCUT2D eigenvalue weighted by Crippen LogP contribution is 2.28. The lowest BCUT2D eigenvalue weighted by Crippen LogP contribution is -2.61. The number of likely N-dealkylation sites (N-methyl/N-ethyl adjacent to an activating group) is 2. The van der Waals surface area contributed by atoms with Gasteiger partial charge in [0.2, 0.25) is 100 Å². The van der Waals surface area contributed by atoms with Gasteiger partial charge in [0.25, 0.3) is 0 Å². The molecule has 2 unspecified atom stereocenters. The van der Waals surface area contributed by atoms with Gasteiger partial charge < -0.3 is 114 Å². The average molecular weight is 1890 g/mol. The SMILES string of the molecule is CC(=O)N[C@H]1CSCCC(=O)N2CN3CN(C2)C(=O)CCSC[C@H](NC(=O)C(CC(=O)O)N(C)C(=O)[C@H](CCC(N)=O)NC(=O)[C@H](CC(C)(C)C)NC(=O)C(Cc2cn(C)c4ccccc24)NC(=O)[C@H](C)N(C)C1=O)C(=O)N[C@@H](Cc1cn(C)c2ccccc12)C(=O)N[C@@H](CCCNC(=N)N(C)C)C(=O)NCC(=O)N[C@@H](Cc1ccc(F)cc1)C(=O)N[C@H](C(N)=O)CSCCC3=O. The Morgan fingerprint density at radius 1 is 0.561 bits per heavy atom. The number of aliphatic carboxylic acids is 1. The third-order valence-corrected chi connectivity index (χ3v) is 25.6. The van der Waals surface area contributed by atoms with Crippen LogP contribution in [0.1, 0.15) is 109 Å². The van der Waals surface area contributed by atoms with E-state index in [1.807, 2.05) is 6.07 Å². The number of carboxylic acid groups (broad SMARTS) is 1. The van der Waals surface area contributed by atoms with E-state index in [0.717, 1.165) is 64.9 Å². The summed E-state index contributed by atoms with van der Waals surface area (Å²) in [7, 11) is 9.01. The smallest absolute Gasteiger partial charge is 0.305 e. The highest BCUT2D eigenvalue weighted by Gasteiger charge is 2.42. The van der Waals surface area contributed by atoms with Crippen LogP contribution in [0.2, 0.25) is 0 Å². The van der Waals surface area contributed by atoms with E-state index in [4.69, 9.17) is 16.9 Å². The van der Waals surface area contributed by atoms with Gasteiger partial charge in [0.05, 0.1) is 33.0 Å². The Hall–Kier alpha value is -12.6. The number of benzene rings is 3. The zero-order chi connectivity index (χ0) is 97.1. The number of amides is 17. The highest BCUT2D eigenvalue weighted by atomic mass is 32.2. The molecule has 5 aromatic rings. The molecule has 0 radical (unpaired) electrons. The maximum atomic E-state index is 15.7. The van der Waals surface area contributed by atoms with Gasteiger partial charge in [-0.2, -0.15) is 35.3 Å². The van der Waals surface area contributed by atoms with Gasteiger partial charge in [0.15, 0.2) is 5.96 Å². The predicted molar refractivity (Wildman–Crippen MR) is 492 cm³/mol. The van der Waals surface area contributed by atoms with Crippen LogP contribution in [0.25, 0.3) is 21.8 Å². The van der Waals surface area contributed by atoms with E-state index >= 15 is 28.8 Å². The van der Waals surface area contributed by atoms with Crippen molar-refractivity contribution in [3.8, 4) is 0 Å². The third-order valence-electron chi connectivity index (χ3n) is 22.4. The Morgan fingerprint density at radius 2 is 1.05 bits per heavy atom. The summed E-state index contributed by atoms with van der Waals surface area (Å²) < 4.78 is 17.9. The molecule has 3 fully saturated rings. The standard InChI is InChI=1S/C87H121FN22O19S3/c1-49-76(120)98-60(36-52-41-104(8)66-20-14-12-17-55(52)66)80(124)100-62(39-87(3,4)5)81(125)97-58(26-27-69(89)112)84(128)107(11)68(38-74(117)118)83(127)102-64-44-131-33-29-72(115)109-46-108(47-110(48-109)73(116)30-34-132-45-65(94-50(2)111)85(129)106(49)10)71(114)28-32-130-43-63(75(90)119)101-78(122)59(35-51-22-24-54(88)25-23-51)95-70(113)40-93-77(121)57(19-16-31-92-86(91)103(6)7)96-79(123)61(99-82(64)126)37-53-42-105(9)67-21-15-13-18-56(53)67/h12-15,17-18,20-25,41-42,49,57-65,68H,16,19,26-40,43-48H2,1-11H3,(H2,89,112)(H2,90,119)(H2,91,92)(H,93,121)(H,94,111)(H,95,113)(H,96,123)(H,97,125)(H,98,120)(H,99,126)(H,100,124)(H,101,122)(H,102,127)(H,117,118)/t49-,57-,58-,59-,60?,61-,62-,63-,64-,65-,68?/m0/s1. The van der Waals surface area contributed by atoms with E-state index < -0.39 is 235 Å². The molecule has 17 N–H and O–H groups in total. The number of halogens is 1. The molecule has 45 heteroatoms. The number of fused-ring (bicyclic) bond motifs is 9. The van der Waals surface area contributed by atoms with Crippen molar-refractivity contribution in [1.29, 1.82) is 5.41 Å². The fraction of sp³-hybridized carbons (Fsp3) is 0.529. The molecular weight excluding hydrogens is 1770 g/mol. The molecule has 11 atom stereocenters. The molecule has 3 aliphatic heterocycles. The molecule has 3 aliphatic rings. The van der Waals surface area contributed by atoms with Crippen LogP contribution >= 0.6 is 35.3 Å². The van der Waals surface area contributed by atoms with Crippen LogP contribution in [0.3, 0.4) is 0 Å². The molecular formula is C87H121FN22O19S3. The molecule has 5 heterocycles. The zero-order valence-electron chi connectivity index (χ0n) is 75.8. The number of carbonyl (C=O) groups is 18. The van der Waals surface area contributed by atoms with Crippen molar-refractivity contribution in [2.75, 3.05) is 95.8 Å². The van der Waals surface area contributed by atoms with E-state index in [0.29, 0.717) is 37.9 Å². The third kappa shape index (κ3) is 31.1. The fourth-order valence-corrected chi connectivity index (χ4v) is 17.9. The van der Waals surface area contributed by atoms with Gasteiger partial charge in [-0.15, -0.1) is 0 Å². The number of para-hydroxylation sites is 2. The fourth-order valence-electron chi connectivity index (χ4n) is 15.0. The van der Waals surface area contributed by atoms with Crippen LogP contribution in [-0.4, -0.2) is 318 Å². The first-order valence-corrected chi connectivity index (χ1v) is 46.5. The van der Waals surface area contributed by atoms with E-state index in [-0.39, 0.29) is 99.3 Å². The Kier molecular flexibility index (Phi) is 39.0. The first-order chi connectivity index (χ1) is 62.4. The molecule has 41 nitrogen and oxygen atoms in total. The number of nitrogens with one attached hydrogen (secondary N) is 12. The second kappa shape index (κ2) is 49.1. The van der Waals surface area contributed by atoms with Crippen molar-refractivity contribution in [2.24, 2.45) is 31.0 Å². The maximum absolute atomic E-state index is 15.7. The number of nitrogens with two attached hydrogens (primary N) is 2.